The highest BCUT2D eigenvalue weighted by atomic mass is 16.5. The van der Waals surface area contributed by atoms with Crippen molar-refractivity contribution in [2.75, 3.05) is 24.3 Å². The van der Waals surface area contributed by atoms with Crippen LogP contribution in [0.5, 0.6) is 5.75 Å². The summed E-state index contributed by atoms with van der Waals surface area (Å²) in [5, 5.41) is 6.83. The van der Waals surface area contributed by atoms with Crippen LogP contribution in [0.25, 0.3) is 0 Å². The first-order chi connectivity index (χ1) is 13.0. The number of methoxy groups -OCH3 is 1. The first-order valence-corrected chi connectivity index (χ1v) is 9.11. The fraction of sp³-hybridized carbons (Fsp3) is 0.273. The van der Waals surface area contributed by atoms with Crippen molar-refractivity contribution in [3.8, 4) is 5.75 Å². The molecule has 0 fully saturated rings. The predicted molar refractivity (Wildman–Crippen MR) is 111 cm³/mol. The minimum Gasteiger partial charge on any atom is -0.497 e. The second-order valence-electron chi connectivity index (χ2n) is 6.61. The highest BCUT2D eigenvalue weighted by Gasteiger charge is 2.06. The molecule has 1 aromatic heterocycles. The van der Waals surface area contributed by atoms with Crippen LogP contribution in [0.4, 0.5) is 17.3 Å². The van der Waals surface area contributed by atoms with Crippen molar-refractivity contribution in [2.45, 2.75) is 27.2 Å². The molecular formula is C22H26N4O. The summed E-state index contributed by atoms with van der Waals surface area (Å²) in [6, 6.07) is 16.3. The molecule has 2 N–H and O–H groups in total. The van der Waals surface area contributed by atoms with Crippen LogP contribution in [0.2, 0.25) is 0 Å². The van der Waals surface area contributed by atoms with E-state index in [0.717, 1.165) is 41.9 Å². The second kappa shape index (κ2) is 8.54. The zero-order valence-corrected chi connectivity index (χ0v) is 16.3. The molecule has 0 spiro atoms. The highest BCUT2D eigenvalue weighted by molar-refractivity contribution is 5.65. The van der Waals surface area contributed by atoms with E-state index in [1.807, 2.05) is 25.1 Å². The van der Waals surface area contributed by atoms with Crippen LogP contribution in [-0.4, -0.2) is 23.6 Å². The maximum atomic E-state index is 5.28. The molecule has 0 atom stereocenters. The van der Waals surface area contributed by atoms with E-state index in [0.29, 0.717) is 0 Å². The molecule has 5 heteroatoms. The van der Waals surface area contributed by atoms with Crippen molar-refractivity contribution in [1.82, 2.24) is 9.97 Å². The molecule has 0 radical (unpaired) electrons. The van der Waals surface area contributed by atoms with Gasteiger partial charge >= 0.3 is 0 Å². The minimum absolute atomic E-state index is 0.732. The molecule has 0 aliphatic heterocycles. The topological polar surface area (TPSA) is 59.1 Å². The van der Waals surface area contributed by atoms with Crippen LogP contribution in [0, 0.1) is 20.8 Å². The SMILES string of the molecule is COc1cccc(CCNc2cc(Nc3c(C)cccc3C)nc(C)n2)c1. The summed E-state index contributed by atoms with van der Waals surface area (Å²) in [5.74, 6) is 3.23. The Morgan fingerprint density at radius 3 is 2.33 bits per heavy atom. The van der Waals surface area contributed by atoms with Crippen molar-refractivity contribution in [3.05, 3.63) is 71.0 Å². The molecule has 140 valence electrons. The van der Waals surface area contributed by atoms with Crippen molar-refractivity contribution >= 4 is 17.3 Å². The van der Waals surface area contributed by atoms with Crippen LogP contribution < -0.4 is 15.4 Å². The van der Waals surface area contributed by atoms with Gasteiger partial charge in [0.05, 0.1) is 7.11 Å². The maximum Gasteiger partial charge on any atom is 0.136 e. The Morgan fingerprint density at radius 2 is 1.59 bits per heavy atom. The van der Waals surface area contributed by atoms with E-state index in [2.05, 4.69) is 64.8 Å². The molecule has 0 saturated heterocycles. The highest BCUT2D eigenvalue weighted by Crippen LogP contribution is 2.24. The number of hydrogen-bond acceptors (Lipinski definition) is 5. The van der Waals surface area contributed by atoms with Crippen LogP contribution in [0.3, 0.4) is 0 Å². The molecule has 1 heterocycles. The molecule has 0 saturated carbocycles. The van der Waals surface area contributed by atoms with Crippen LogP contribution in [-0.2, 0) is 6.42 Å². The quantitative estimate of drug-likeness (QED) is 0.632. The van der Waals surface area contributed by atoms with E-state index in [9.17, 15) is 0 Å². The number of nitrogens with zero attached hydrogens (tertiary/aromatic N) is 2. The molecule has 27 heavy (non-hydrogen) atoms. The number of anilines is 3. The number of aryl methyl sites for hydroxylation is 3. The molecule has 2 aromatic carbocycles. The summed E-state index contributed by atoms with van der Waals surface area (Å²) in [4.78, 5) is 9.02. The van der Waals surface area contributed by atoms with Crippen LogP contribution >= 0.6 is 0 Å². The number of aromatic nitrogens is 2. The molecule has 0 bridgehead atoms. The zero-order chi connectivity index (χ0) is 19.2. The standard InChI is InChI=1S/C22H26N4O/c1-15-7-5-8-16(2)22(15)26-21-14-20(24-17(3)25-21)23-12-11-18-9-6-10-19(13-18)27-4/h5-10,13-14H,11-12H2,1-4H3,(H2,23,24,25,26). The van der Waals surface area contributed by atoms with E-state index in [4.69, 9.17) is 4.74 Å². The van der Waals surface area contributed by atoms with E-state index >= 15 is 0 Å². The molecule has 0 unspecified atom stereocenters. The number of rotatable bonds is 7. The van der Waals surface area contributed by atoms with Gasteiger partial charge < -0.3 is 15.4 Å². The molecule has 0 aliphatic rings. The van der Waals surface area contributed by atoms with Crippen molar-refractivity contribution < 1.29 is 4.74 Å². The van der Waals surface area contributed by atoms with Gasteiger partial charge in [-0.1, -0.05) is 30.3 Å². The van der Waals surface area contributed by atoms with Crippen molar-refractivity contribution in [2.24, 2.45) is 0 Å². The lowest BCUT2D eigenvalue weighted by atomic mass is 10.1. The van der Waals surface area contributed by atoms with E-state index in [1.54, 1.807) is 7.11 Å². The van der Waals surface area contributed by atoms with Gasteiger partial charge in [-0.05, 0) is 56.0 Å². The Bertz CT molecular complexity index is 904. The van der Waals surface area contributed by atoms with Gasteiger partial charge in [-0.25, -0.2) is 9.97 Å². The average molecular weight is 362 g/mol. The van der Waals surface area contributed by atoms with Crippen LogP contribution in [0.1, 0.15) is 22.5 Å². The smallest absolute Gasteiger partial charge is 0.136 e. The summed E-state index contributed by atoms with van der Waals surface area (Å²) < 4.78 is 5.28. The lowest BCUT2D eigenvalue weighted by molar-refractivity contribution is 0.414. The Labute approximate surface area is 160 Å². The Hall–Kier alpha value is -3.08. The van der Waals surface area contributed by atoms with Crippen molar-refractivity contribution in [3.63, 3.8) is 0 Å². The van der Waals surface area contributed by atoms with E-state index in [-0.39, 0.29) is 0 Å². The molecule has 5 nitrogen and oxygen atoms in total. The van der Waals surface area contributed by atoms with Gasteiger partial charge in [-0.3, -0.25) is 0 Å². The largest absolute Gasteiger partial charge is 0.497 e. The maximum absolute atomic E-state index is 5.28. The fourth-order valence-corrected chi connectivity index (χ4v) is 3.02. The molecule has 0 aliphatic carbocycles. The third-order valence-corrected chi connectivity index (χ3v) is 4.43. The number of nitrogens with one attached hydrogen (secondary N) is 2. The lowest BCUT2D eigenvalue weighted by Crippen LogP contribution is -2.09. The number of hydrogen-bond donors (Lipinski definition) is 2. The summed E-state index contributed by atoms with van der Waals surface area (Å²) >= 11 is 0. The predicted octanol–water partition coefficient (Wildman–Crippen LogP) is 4.81. The summed E-state index contributed by atoms with van der Waals surface area (Å²) in [7, 11) is 1.69. The van der Waals surface area contributed by atoms with Gasteiger partial charge in [0, 0.05) is 18.3 Å². The summed E-state index contributed by atoms with van der Waals surface area (Å²) in [6.07, 6.45) is 0.889. The average Bonchev–Trinajstić information content (AvgIpc) is 2.65. The van der Waals surface area contributed by atoms with Gasteiger partial charge in [-0.15, -0.1) is 0 Å². The Morgan fingerprint density at radius 1 is 0.889 bits per heavy atom. The summed E-state index contributed by atoms with van der Waals surface area (Å²) in [6.45, 7) is 6.88. The van der Waals surface area contributed by atoms with Gasteiger partial charge in [0.1, 0.15) is 23.2 Å². The van der Waals surface area contributed by atoms with Gasteiger partial charge in [0.2, 0.25) is 0 Å². The Kier molecular flexibility index (Phi) is 5.91. The third kappa shape index (κ3) is 4.97. The molecular weight excluding hydrogens is 336 g/mol. The van der Waals surface area contributed by atoms with Crippen molar-refractivity contribution in [1.29, 1.82) is 0 Å². The van der Waals surface area contributed by atoms with Gasteiger partial charge in [-0.2, -0.15) is 0 Å². The number of benzene rings is 2. The van der Waals surface area contributed by atoms with Crippen LogP contribution in [0.15, 0.2) is 48.5 Å². The first-order valence-electron chi connectivity index (χ1n) is 9.11. The summed E-state index contributed by atoms with van der Waals surface area (Å²) in [5.41, 5.74) is 4.71. The third-order valence-electron chi connectivity index (χ3n) is 4.43. The Balaban J connectivity index is 1.68. The van der Waals surface area contributed by atoms with E-state index in [1.165, 1.54) is 16.7 Å². The van der Waals surface area contributed by atoms with Gasteiger partial charge in [0.15, 0.2) is 0 Å². The molecule has 0 amide bonds. The zero-order valence-electron chi connectivity index (χ0n) is 16.3. The molecule has 3 aromatic rings. The number of para-hydroxylation sites is 1. The number of ether oxygens (including phenoxy) is 1. The normalized spacial score (nSPS) is 10.5. The fourth-order valence-electron chi connectivity index (χ4n) is 3.02. The molecule has 3 rings (SSSR count). The van der Waals surface area contributed by atoms with E-state index < -0.39 is 0 Å². The van der Waals surface area contributed by atoms with Gasteiger partial charge in [0.25, 0.3) is 0 Å². The minimum atomic E-state index is 0.732. The first kappa shape index (κ1) is 18.7. The second-order valence-corrected chi connectivity index (χ2v) is 6.61. The lowest BCUT2D eigenvalue weighted by Gasteiger charge is -2.14. The monoisotopic (exact) mass is 362 g/mol.